The lowest BCUT2D eigenvalue weighted by Gasteiger charge is -2.42. The van der Waals surface area contributed by atoms with Crippen molar-refractivity contribution in [2.24, 2.45) is 0 Å². The highest BCUT2D eigenvalue weighted by molar-refractivity contribution is 5.70. The fraction of sp³-hybridized carbons (Fsp3) is 0.736. The SMILES string of the molecule is CC/C=C/C/C=C/C/C=C/C/C=C/CCCCC(=O)OC[C@H](CO[C@H]1O[C@@H](CO[C@H]2O[C@@H](CO)[C@@H](O)C(O)C2O)[C@@H](O)C(O)C1O)OC(=O)CCCCCCCCC/C=C/C/C=C/CCCCC. The summed E-state index contributed by atoms with van der Waals surface area (Å²) in [5, 5.41) is 72.1. The molecule has 0 aromatic carbocycles. The first-order chi connectivity index (χ1) is 33.0. The monoisotopic (exact) mass is 965 g/mol. The molecule has 2 aliphatic rings. The molecule has 2 heterocycles. The van der Waals surface area contributed by atoms with Crippen molar-refractivity contribution in [2.45, 2.75) is 223 Å². The van der Waals surface area contributed by atoms with E-state index >= 15 is 0 Å². The van der Waals surface area contributed by atoms with Crippen molar-refractivity contribution in [2.75, 3.05) is 26.4 Å². The standard InChI is InChI=1S/C53H88O15/c1-3-5-7-9-11-13-15-17-19-20-22-24-26-28-30-32-34-36-45(56)66-41(38-63-44(55)35-33-31-29-27-25-23-21-18-16-14-12-10-8-6-4-2)39-64-52-51(62)49(60)47(58)43(68-52)40-65-53-50(61)48(59)46(57)42(37-54)67-53/h6,8,11-14,17-19,21,25,27,41-43,46-54,57-62H,3-5,7,9-10,15-16,20,22-24,26,28-40H2,1-2H3/b8-6+,13-11+,14-12+,19-17+,21-18+,27-25+/t41-,42+,43+,46-,47-,48?,49?,50?,51?,52+,53+/m1/s1. The number of esters is 2. The summed E-state index contributed by atoms with van der Waals surface area (Å²) in [6.45, 7) is 2.38. The smallest absolute Gasteiger partial charge is 0.306 e. The molecule has 0 spiro atoms. The molecule has 11 atom stereocenters. The largest absolute Gasteiger partial charge is 0.462 e. The molecule has 15 heteroatoms. The van der Waals surface area contributed by atoms with Gasteiger partial charge in [0.15, 0.2) is 18.7 Å². The molecular weight excluding hydrogens is 877 g/mol. The first kappa shape index (κ1) is 61.1. The molecule has 68 heavy (non-hydrogen) atoms. The van der Waals surface area contributed by atoms with Crippen LogP contribution in [0.2, 0.25) is 0 Å². The summed E-state index contributed by atoms with van der Waals surface area (Å²) < 4.78 is 33.5. The van der Waals surface area contributed by atoms with Gasteiger partial charge in [-0.15, -0.1) is 0 Å². The van der Waals surface area contributed by atoms with Gasteiger partial charge < -0.3 is 64.2 Å². The summed E-state index contributed by atoms with van der Waals surface area (Å²) in [4.78, 5) is 25.7. The van der Waals surface area contributed by atoms with Crippen LogP contribution in [0.4, 0.5) is 0 Å². The normalized spacial score (nSPS) is 26.4. The number of aliphatic hydroxyl groups is 7. The predicted octanol–water partition coefficient (Wildman–Crippen LogP) is 7.04. The Balaban J connectivity index is 1.84. The minimum absolute atomic E-state index is 0.143. The van der Waals surface area contributed by atoms with Crippen LogP contribution >= 0.6 is 0 Å². The molecule has 0 aromatic rings. The van der Waals surface area contributed by atoms with Crippen LogP contribution in [0.3, 0.4) is 0 Å². The summed E-state index contributed by atoms with van der Waals surface area (Å²) in [5.74, 6) is -0.989. The zero-order valence-electron chi connectivity index (χ0n) is 41.1. The number of rotatable bonds is 38. The minimum Gasteiger partial charge on any atom is -0.462 e. The van der Waals surface area contributed by atoms with Crippen LogP contribution in [0.1, 0.15) is 155 Å². The van der Waals surface area contributed by atoms with Gasteiger partial charge in [-0.25, -0.2) is 0 Å². The van der Waals surface area contributed by atoms with E-state index in [1.54, 1.807) is 0 Å². The van der Waals surface area contributed by atoms with Gasteiger partial charge in [0.1, 0.15) is 55.4 Å². The van der Waals surface area contributed by atoms with Crippen molar-refractivity contribution in [1.29, 1.82) is 0 Å². The molecule has 0 bridgehead atoms. The van der Waals surface area contributed by atoms with E-state index < -0.39 is 99.3 Å². The van der Waals surface area contributed by atoms with Crippen molar-refractivity contribution in [3.63, 3.8) is 0 Å². The molecule has 0 saturated carbocycles. The Kier molecular flexibility index (Phi) is 35.6. The first-order valence-corrected chi connectivity index (χ1v) is 25.5. The van der Waals surface area contributed by atoms with Gasteiger partial charge in [-0.2, -0.15) is 0 Å². The minimum atomic E-state index is -1.78. The Hall–Kier alpha value is -3.06. The lowest BCUT2D eigenvalue weighted by molar-refractivity contribution is -0.332. The molecule has 2 saturated heterocycles. The quantitative estimate of drug-likeness (QED) is 0.0187. The molecular formula is C53H88O15. The fourth-order valence-electron chi connectivity index (χ4n) is 7.47. The second-order valence-corrected chi connectivity index (χ2v) is 17.6. The first-order valence-electron chi connectivity index (χ1n) is 25.5. The fourth-order valence-corrected chi connectivity index (χ4v) is 7.47. The van der Waals surface area contributed by atoms with E-state index in [9.17, 15) is 45.3 Å². The van der Waals surface area contributed by atoms with Gasteiger partial charge in [0.05, 0.1) is 19.8 Å². The van der Waals surface area contributed by atoms with E-state index in [1.165, 1.54) is 19.3 Å². The summed E-state index contributed by atoms with van der Waals surface area (Å²) >= 11 is 0. The maximum absolute atomic E-state index is 13.0. The molecule has 0 aromatic heterocycles. The van der Waals surface area contributed by atoms with Gasteiger partial charge in [0.25, 0.3) is 0 Å². The lowest BCUT2D eigenvalue weighted by atomic mass is 9.98. The zero-order chi connectivity index (χ0) is 49.6. The Bertz CT molecular complexity index is 1460. The summed E-state index contributed by atoms with van der Waals surface area (Å²) in [6, 6.07) is 0. The molecule has 2 fully saturated rings. The summed E-state index contributed by atoms with van der Waals surface area (Å²) in [6.07, 6.45) is 29.3. The molecule has 2 rings (SSSR count). The summed E-state index contributed by atoms with van der Waals surface area (Å²) in [7, 11) is 0. The van der Waals surface area contributed by atoms with Crippen LogP contribution < -0.4 is 0 Å². The molecule has 390 valence electrons. The Morgan fingerprint density at radius 1 is 0.485 bits per heavy atom. The van der Waals surface area contributed by atoms with E-state index in [0.29, 0.717) is 12.8 Å². The van der Waals surface area contributed by atoms with Gasteiger partial charge in [0.2, 0.25) is 0 Å². The highest BCUT2D eigenvalue weighted by atomic mass is 16.7. The van der Waals surface area contributed by atoms with Gasteiger partial charge in [-0.3, -0.25) is 9.59 Å². The molecule has 0 radical (unpaired) electrons. The third-order valence-corrected chi connectivity index (χ3v) is 11.7. The Morgan fingerprint density at radius 3 is 1.49 bits per heavy atom. The number of carbonyl (C=O) groups excluding carboxylic acids is 2. The van der Waals surface area contributed by atoms with E-state index in [0.717, 1.165) is 96.3 Å². The maximum atomic E-state index is 13.0. The maximum Gasteiger partial charge on any atom is 0.306 e. The molecule has 0 amide bonds. The van der Waals surface area contributed by atoms with Crippen LogP contribution in [0, 0.1) is 0 Å². The van der Waals surface area contributed by atoms with Crippen LogP contribution in [0.15, 0.2) is 72.9 Å². The topological polar surface area (TPSA) is 231 Å². The van der Waals surface area contributed by atoms with Crippen molar-refractivity contribution >= 4 is 11.9 Å². The van der Waals surface area contributed by atoms with E-state index in [4.69, 9.17) is 28.4 Å². The highest BCUT2D eigenvalue weighted by Gasteiger charge is 2.47. The molecule has 15 nitrogen and oxygen atoms in total. The van der Waals surface area contributed by atoms with E-state index in [1.807, 2.05) is 0 Å². The Labute approximate surface area is 406 Å². The van der Waals surface area contributed by atoms with Crippen molar-refractivity contribution < 1.29 is 73.8 Å². The van der Waals surface area contributed by atoms with Crippen molar-refractivity contribution in [1.82, 2.24) is 0 Å². The number of hydrogen-bond acceptors (Lipinski definition) is 15. The van der Waals surface area contributed by atoms with E-state index in [-0.39, 0.29) is 19.4 Å². The number of hydrogen-bond donors (Lipinski definition) is 7. The van der Waals surface area contributed by atoms with Gasteiger partial charge in [0, 0.05) is 12.8 Å². The predicted molar refractivity (Wildman–Crippen MR) is 261 cm³/mol. The van der Waals surface area contributed by atoms with E-state index in [2.05, 4.69) is 86.8 Å². The second kappa shape index (κ2) is 39.6. The van der Waals surface area contributed by atoms with Crippen molar-refractivity contribution in [3.8, 4) is 0 Å². The van der Waals surface area contributed by atoms with Crippen molar-refractivity contribution in [3.05, 3.63) is 72.9 Å². The van der Waals surface area contributed by atoms with Crippen LogP contribution in [0.5, 0.6) is 0 Å². The number of ether oxygens (including phenoxy) is 6. The van der Waals surface area contributed by atoms with Gasteiger partial charge >= 0.3 is 11.9 Å². The third kappa shape index (κ3) is 27.4. The van der Waals surface area contributed by atoms with Crippen LogP contribution in [-0.4, -0.2) is 142 Å². The van der Waals surface area contributed by atoms with Gasteiger partial charge in [-0.05, 0) is 83.5 Å². The third-order valence-electron chi connectivity index (χ3n) is 11.7. The molecule has 2 aliphatic heterocycles. The number of unbranched alkanes of at least 4 members (excludes halogenated alkanes) is 12. The van der Waals surface area contributed by atoms with Gasteiger partial charge in [-0.1, -0.05) is 132 Å². The average molecular weight is 965 g/mol. The van der Waals surface area contributed by atoms with Crippen LogP contribution in [-0.2, 0) is 38.0 Å². The van der Waals surface area contributed by atoms with Crippen LogP contribution in [0.25, 0.3) is 0 Å². The number of carbonyl (C=O) groups is 2. The summed E-state index contributed by atoms with van der Waals surface area (Å²) in [5.41, 5.74) is 0. The lowest BCUT2D eigenvalue weighted by Crippen LogP contribution is -2.61. The molecule has 7 N–H and O–H groups in total. The highest BCUT2D eigenvalue weighted by Crippen LogP contribution is 2.26. The molecule has 0 aliphatic carbocycles. The Morgan fingerprint density at radius 2 is 0.926 bits per heavy atom. The zero-order valence-corrected chi connectivity index (χ0v) is 41.1. The number of aliphatic hydroxyl groups excluding tert-OH is 7. The number of allylic oxidation sites excluding steroid dienone is 12. The molecule has 4 unspecified atom stereocenters. The average Bonchev–Trinajstić information content (AvgIpc) is 3.33. The second-order valence-electron chi connectivity index (χ2n) is 17.6.